The van der Waals surface area contributed by atoms with Crippen molar-refractivity contribution in [2.75, 3.05) is 76.8 Å². The highest BCUT2D eigenvalue weighted by Crippen LogP contribution is 2.55. The Hall–Kier alpha value is -2.56. The number of hydrogen-bond acceptors (Lipinski definition) is 14. The lowest BCUT2D eigenvalue weighted by molar-refractivity contribution is -0.0541. The number of anilines is 1. The van der Waals surface area contributed by atoms with Gasteiger partial charge >= 0.3 is 15.2 Å². The predicted molar refractivity (Wildman–Crippen MR) is 197 cm³/mol. The second-order valence-corrected chi connectivity index (χ2v) is 17.7. The SMILES string of the molecule is C#CCOCCOCCOCCOCCN(Cc1ccc(C(C)(C)C)cc1)c1nc(Cl)nc2c1cnn2[C@@H]1O[C@H](COP(=O)(O)CP(=O)(O)O)[C@@H](O)[C@H]1O. The van der Waals surface area contributed by atoms with E-state index in [0.717, 1.165) is 5.56 Å². The number of aliphatic hydroxyl groups excluding tert-OH is 2. The van der Waals surface area contributed by atoms with E-state index in [9.17, 15) is 24.2 Å². The summed E-state index contributed by atoms with van der Waals surface area (Å²) in [4.78, 5) is 38.8. The van der Waals surface area contributed by atoms with Crippen molar-refractivity contribution in [1.82, 2.24) is 19.7 Å². The zero-order valence-electron chi connectivity index (χ0n) is 30.3. The second kappa shape index (κ2) is 20.0. The van der Waals surface area contributed by atoms with Crippen molar-refractivity contribution >= 4 is 43.6 Å². The molecule has 3 heterocycles. The lowest BCUT2D eigenvalue weighted by Gasteiger charge is -2.25. The molecule has 0 bridgehead atoms. The maximum atomic E-state index is 12.2. The van der Waals surface area contributed by atoms with E-state index in [4.69, 9.17) is 56.0 Å². The van der Waals surface area contributed by atoms with Gasteiger partial charge in [-0.3, -0.25) is 9.13 Å². The molecule has 5 N–H and O–H groups in total. The molecule has 0 spiro atoms. The van der Waals surface area contributed by atoms with Crippen LogP contribution in [0, 0.1) is 12.3 Å². The van der Waals surface area contributed by atoms with Crippen LogP contribution in [0.2, 0.25) is 5.28 Å². The number of terminal acetylenes is 1. The minimum Gasteiger partial charge on any atom is -0.387 e. The van der Waals surface area contributed by atoms with E-state index in [1.165, 1.54) is 16.4 Å². The van der Waals surface area contributed by atoms with Gasteiger partial charge in [-0.1, -0.05) is 51.0 Å². The molecule has 21 heteroatoms. The quantitative estimate of drug-likeness (QED) is 0.0424. The summed E-state index contributed by atoms with van der Waals surface area (Å²) in [7, 11) is -9.64. The molecular weight excluding hydrogens is 772 g/mol. The molecule has 18 nitrogen and oxygen atoms in total. The Labute approximate surface area is 318 Å². The second-order valence-electron chi connectivity index (χ2n) is 13.4. The number of hydrogen-bond donors (Lipinski definition) is 5. The highest BCUT2D eigenvalue weighted by atomic mass is 35.5. The fourth-order valence-corrected chi connectivity index (χ4v) is 8.13. The van der Waals surface area contributed by atoms with Crippen LogP contribution in [0.3, 0.4) is 0 Å². The summed E-state index contributed by atoms with van der Waals surface area (Å²) in [5.74, 6) is 1.37. The summed E-state index contributed by atoms with van der Waals surface area (Å²) in [6.45, 7) is 9.23. The fraction of sp³-hybridized carbons (Fsp3) is 0.606. The van der Waals surface area contributed by atoms with Gasteiger partial charge in [-0.2, -0.15) is 15.1 Å². The first-order chi connectivity index (χ1) is 25.5. The van der Waals surface area contributed by atoms with Gasteiger partial charge in [0.1, 0.15) is 30.7 Å². The average molecular weight is 820 g/mol. The van der Waals surface area contributed by atoms with Crippen LogP contribution in [-0.2, 0) is 49.3 Å². The molecule has 1 aliphatic rings. The lowest BCUT2D eigenvalue weighted by atomic mass is 9.87. The highest BCUT2D eigenvalue weighted by molar-refractivity contribution is 7.70. The van der Waals surface area contributed by atoms with Gasteiger partial charge in [-0.05, 0) is 28.1 Å². The van der Waals surface area contributed by atoms with E-state index in [0.29, 0.717) is 70.5 Å². The molecule has 0 radical (unpaired) electrons. The van der Waals surface area contributed by atoms with Crippen molar-refractivity contribution in [2.45, 2.75) is 57.3 Å². The van der Waals surface area contributed by atoms with Crippen molar-refractivity contribution < 1.29 is 62.2 Å². The van der Waals surface area contributed by atoms with Crippen molar-refractivity contribution in [3.63, 3.8) is 0 Å². The Balaban J connectivity index is 1.47. The molecular formula is C33H48ClN5O13P2. The summed E-state index contributed by atoms with van der Waals surface area (Å²) in [5.41, 5.74) is 2.27. The maximum absolute atomic E-state index is 12.2. The zero-order chi connectivity index (χ0) is 39.5. The minimum absolute atomic E-state index is 0.0377. The molecule has 1 unspecified atom stereocenters. The first kappa shape index (κ1) is 44.2. The van der Waals surface area contributed by atoms with E-state index < -0.39 is 52.2 Å². The van der Waals surface area contributed by atoms with Gasteiger partial charge < -0.3 is 58.0 Å². The fourth-order valence-electron chi connectivity index (χ4n) is 5.40. The summed E-state index contributed by atoms with van der Waals surface area (Å²) in [6.07, 6.45) is 0.656. The Bertz CT molecular complexity index is 1780. The molecule has 2 aromatic heterocycles. The molecule has 4 rings (SSSR count). The van der Waals surface area contributed by atoms with Crippen LogP contribution >= 0.6 is 26.8 Å². The van der Waals surface area contributed by atoms with Crippen LogP contribution in [0.4, 0.5) is 5.82 Å². The van der Waals surface area contributed by atoms with Gasteiger partial charge in [0.05, 0.1) is 64.4 Å². The Morgan fingerprint density at radius 1 is 0.944 bits per heavy atom. The number of aliphatic hydroxyl groups is 2. The van der Waals surface area contributed by atoms with Crippen LogP contribution < -0.4 is 4.90 Å². The smallest absolute Gasteiger partial charge is 0.340 e. The average Bonchev–Trinajstić information content (AvgIpc) is 3.63. The Kier molecular flexibility index (Phi) is 16.4. The molecule has 300 valence electrons. The van der Waals surface area contributed by atoms with Crippen LogP contribution in [-0.4, -0.2) is 135 Å². The molecule has 54 heavy (non-hydrogen) atoms. The molecule has 0 amide bonds. The molecule has 1 aromatic carbocycles. The summed E-state index contributed by atoms with van der Waals surface area (Å²) in [6, 6.07) is 8.21. The third kappa shape index (κ3) is 13.3. The topological polar surface area (TPSA) is 238 Å². The largest absolute Gasteiger partial charge is 0.387 e. The monoisotopic (exact) mass is 819 g/mol. The molecule has 1 fully saturated rings. The zero-order valence-corrected chi connectivity index (χ0v) is 32.8. The molecule has 1 aliphatic heterocycles. The Morgan fingerprint density at radius 2 is 1.56 bits per heavy atom. The van der Waals surface area contributed by atoms with E-state index >= 15 is 0 Å². The van der Waals surface area contributed by atoms with Crippen molar-refractivity contribution in [1.29, 1.82) is 0 Å². The summed E-state index contributed by atoms with van der Waals surface area (Å²) < 4.78 is 57.2. The van der Waals surface area contributed by atoms with E-state index in [1.54, 1.807) is 0 Å². The molecule has 0 saturated carbocycles. The number of rotatable bonds is 22. The molecule has 1 saturated heterocycles. The highest BCUT2D eigenvalue weighted by Gasteiger charge is 2.46. The summed E-state index contributed by atoms with van der Waals surface area (Å²) in [5, 5.41) is 26.2. The van der Waals surface area contributed by atoms with Crippen LogP contribution in [0.25, 0.3) is 11.0 Å². The van der Waals surface area contributed by atoms with Crippen molar-refractivity contribution in [3.8, 4) is 12.3 Å². The van der Waals surface area contributed by atoms with Gasteiger partial charge in [0, 0.05) is 13.1 Å². The third-order valence-corrected chi connectivity index (χ3v) is 11.7. The third-order valence-electron chi connectivity index (χ3n) is 8.09. The van der Waals surface area contributed by atoms with E-state index in [2.05, 4.69) is 53.9 Å². The number of nitrogens with zero attached hydrogens (tertiary/aromatic N) is 5. The Morgan fingerprint density at radius 3 is 2.15 bits per heavy atom. The molecule has 5 atom stereocenters. The molecule has 3 aromatic rings. The number of benzene rings is 1. The van der Waals surface area contributed by atoms with Gasteiger partial charge in [-0.15, -0.1) is 6.42 Å². The minimum atomic E-state index is -4.89. The van der Waals surface area contributed by atoms with Crippen molar-refractivity contribution in [3.05, 3.63) is 46.9 Å². The van der Waals surface area contributed by atoms with Gasteiger partial charge in [0.15, 0.2) is 17.8 Å². The predicted octanol–water partition coefficient (Wildman–Crippen LogP) is 2.44. The number of halogens is 1. The number of fused-ring (bicyclic) bond motifs is 1. The van der Waals surface area contributed by atoms with E-state index in [-0.39, 0.29) is 23.0 Å². The van der Waals surface area contributed by atoms with Crippen LogP contribution in [0.1, 0.15) is 38.1 Å². The van der Waals surface area contributed by atoms with Crippen molar-refractivity contribution in [2.24, 2.45) is 0 Å². The number of ether oxygens (including phenoxy) is 5. The lowest BCUT2D eigenvalue weighted by Crippen LogP contribution is -2.33. The first-order valence-corrected chi connectivity index (χ1v) is 20.9. The first-order valence-electron chi connectivity index (χ1n) is 17.0. The standard InChI is InChI=1S/C33H48ClN5O13P2/c1-5-11-47-13-15-49-17-18-50-16-14-48-12-10-38(20-23-6-8-24(9-7-23)33(2,3)4)29-25-19-35-39(30(25)37-32(34)36-29)31-28(41)27(40)26(52-31)21-51-54(45,46)22-53(42,43)44/h1,6-9,19,26-28,31,40-41H,10-18,20-22H2,2-4H3,(H,45,46)(H2,42,43,44)/t26-,27-,28-,31-/m1/s1. The maximum Gasteiger partial charge on any atom is 0.340 e. The van der Waals surface area contributed by atoms with Gasteiger partial charge in [0.25, 0.3) is 0 Å². The summed E-state index contributed by atoms with van der Waals surface area (Å²) >= 11 is 6.45. The van der Waals surface area contributed by atoms with Gasteiger partial charge in [0.2, 0.25) is 5.28 Å². The van der Waals surface area contributed by atoms with Gasteiger partial charge in [-0.25, -0.2) is 4.68 Å². The van der Waals surface area contributed by atoms with Crippen LogP contribution in [0.5, 0.6) is 0 Å². The normalized spacial score (nSPS) is 20.3. The van der Waals surface area contributed by atoms with E-state index in [1.807, 2.05) is 17.0 Å². The molecule has 0 aliphatic carbocycles. The van der Waals surface area contributed by atoms with Crippen LogP contribution in [0.15, 0.2) is 30.5 Å². The number of aromatic nitrogens is 4.